The van der Waals surface area contributed by atoms with Gasteiger partial charge in [0, 0.05) is 26.6 Å². The maximum atomic E-state index is 12.0. The summed E-state index contributed by atoms with van der Waals surface area (Å²) in [7, 11) is 1.50. The second-order valence-electron chi connectivity index (χ2n) is 6.57. The summed E-state index contributed by atoms with van der Waals surface area (Å²) >= 11 is 0. The van der Waals surface area contributed by atoms with Gasteiger partial charge in [0.15, 0.2) is 0 Å². The van der Waals surface area contributed by atoms with Crippen LogP contribution in [-0.4, -0.2) is 42.9 Å². The zero-order valence-electron chi connectivity index (χ0n) is 15.2. The Kier molecular flexibility index (Phi) is 6.60. The Morgan fingerprint density at radius 2 is 1.92 bits per heavy atom. The van der Waals surface area contributed by atoms with Gasteiger partial charge in [-0.15, -0.1) is 5.10 Å². The first-order chi connectivity index (χ1) is 12.8. The predicted octanol–water partition coefficient (Wildman–Crippen LogP) is 2.50. The van der Waals surface area contributed by atoms with E-state index in [0.717, 1.165) is 31.5 Å². The fraction of sp³-hybridized carbons (Fsp3) is 0.526. The lowest BCUT2D eigenvalue weighted by molar-refractivity contribution is -0.125. The fourth-order valence-corrected chi connectivity index (χ4v) is 3.17. The number of nitrogens with zero attached hydrogens (tertiary/aromatic N) is 3. The molecule has 1 atom stereocenters. The van der Waals surface area contributed by atoms with Crippen LogP contribution in [0.2, 0.25) is 0 Å². The number of rotatable bonds is 7. The molecule has 0 aliphatic carbocycles. The molecule has 140 valence electrons. The highest BCUT2D eigenvalue weighted by Crippen LogP contribution is 2.23. The van der Waals surface area contributed by atoms with Gasteiger partial charge in [0.1, 0.15) is 12.6 Å². The SMILES string of the molecule is COCC(=O)NC(Cc1ccccc1)c1nnc(N2CCCCCC2)o1. The van der Waals surface area contributed by atoms with Crippen molar-refractivity contribution in [2.24, 2.45) is 0 Å². The van der Waals surface area contributed by atoms with E-state index in [4.69, 9.17) is 9.15 Å². The van der Waals surface area contributed by atoms with E-state index in [9.17, 15) is 4.79 Å². The van der Waals surface area contributed by atoms with E-state index in [1.54, 1.807) is 0 Å². The van der Waals surface area contributed by atoms with Crippen molar-refractivity contribution in [2.75, 3.05) is 31.7 Å². The maximum Gasteiger partial charge on any atom is 0.318 e. The van der Waals surface area contributed by atoms with Crippen LogP contribution in [0.15, 0.2) is 34.7 Å². The van der Waals surface area contributed by atoms with Crippen molar-refractivity contribution >= 4 is 11.9 Å². The van der Waals surface area contributed by atoms with Gasteiger partial charge in [0.05, 0.1) is 0 Å². The van der Waals surface area contributed by atoms with Crippen LogP contribution < -0.4 is 10.2 Å². The lowest BCUT2D eigenvalue weighted by Gasteiger charge is -2.17. The molecule has 0 bridgehead atoms. The molecule has 26 heavy (non-hydrogen) atoms. The Morgan fingerprint density at radius 1 is 1.19 bits per heavy atom. The summed E-state index contributed by atoms with van der Waals surface area (Å²) in [5.74, 6) is 0.223. The molecule has 0 spiro atoms. The second kappa shape index (κ2) is 9.33. The molecule has 7 heteroatoms. The van der Waals surface area contributed by atoms with Crippen LogP contribution in [0.5, 0.6) is 0 Å². The summed E-state index contributed by atoms with van der Waals surface area (Å²) in [5.41, 5.74) is 1.09. The Morgan fingerprint density at radius 3 is 2.62 bits per heavy atom. The lowest BCUT2D eigenvalue weighted by atomic mass is 10.1. The van der Waals surface area contributed by atoms with Gasteiger partial charge in [0.25, 0.3) is 0 Å². The molecule has 7 nitrogen and oxygen atoms in total. The van der Waals surface area contributed by atoms with Gasteiger partial charge in [-0.2, -0.15) is 0 Å². The van der Waals surface area contributed by atoms with Gasteiger partial charge in [-0.3, -0.25) is 4.79 Å². The third-order valence-corrected chi connectivity index (χ3v) is 4.50. The molecule has 2 aromatic rings. The van der Waals surface area contributed by atoms with Gasteiger partial charge in [0.2, 0.25) is 11.8 Å². The largest absolute Gasteiger partial charge is 0.406 e. The summed E-state index contributed by atoms with van der Waals surface area (Å²) in [6, 6.07) is 10.1. The number of hydrogen-bond acceptors (Lipinski definition) is 6. The third kappa shape index (κ3) is 5.05. The Hall–Kier alpha value is -2.41. The smallest absolute Gasteiger partial charge is 0.318 e. The number of carbonyl (C=O) groups excluding carboxylic acids is 1. The molecule has 2 heterocycles. The predicted molar refractivity (Wildman–Crippen MR) is 97.9 cm³/mol. The number of benzene rings is 1. The highest BCUT2D eigenvalue weighted by molar-refractivity contribution is 5.77. The van der Waals surface area contributed by atoms with Crippen molar-refractivity contribution < 1.29 is 13.9 Å². The lowest BCUT2D eigenvalue weighted by Crippen LogP contribution is -2.32. The number of anilines is 1. The zero-order valence-corrected chi connectivity index (χ0v) is 15.2. The van der Waals surface area contributed by atoms with Gasteiger partial charge in [-0.05, 0) is 18.4 Å². The number of hydrogen-bond donors (Lipinski definition) is 1. The van der Waals surface area contributed by atoms with Crippen molar-refractivity contribution in [3.05, 3.63) is 41.8 Å². The molecule has 1 fully saturated rings. The van der Waals surface area contributed by atoms with Crippen LogP contribution in [0.4, 0.5) is 6.01 Å². The summed E-state index contributed by atoms with van der Waals surface area (Å²) < 4.78 is 10.9. The average Bonchev–Trinajstić information content (AvgIpc) is 2.98. The topological polar surface area (TPSA) is 80.5 Å². The van der Waals surface area contributed by atoms with E-state index in [1.165, 1.54) is 20.0 Å². The minimum absolute atomic E-state index is 0.00158. The summed E-state index contributed by atoms with van der Waals surface area (Å²) in [6.45, 7) is 1.86. The summed E-state index contributed by atoms with van der Waals surface area (Å²) in [6.07, 6.45) is 5.33. The van der Waals surface area contributed by atoms with E-state index in [-0.39, 0.29) is 18.6 Å². The Labute approximate surface area is 153 Å². The van der Waals surface area contributed by atoms with Crippen LogP contribution in [0.3, 0.4) is 0 Å². The first-order valence-corrected chi connectivity index (χ1v) is 9.17. The van der Waals surface area contributed by atoms with Crippen LogP contribution >= 0.6 is 0 Å². The quantitative estimate of drug-likeness (QED) is 0.819. The molecule has 0 radical (unpaired) electrons. The highest BCUT2D eigenvalue weighted by Gasteiger charge is 2.23. The van der Waals surface area contributed by atoms with Crippen LogP contribution in [0, 0.1) is 0 Å². The number of aromatic nitrogens is 2. The number of amides is 1. The van der Waals surface area contributed by atoms with Crippen molar-refractivity contribution in [1.82, 2.24) is 15.5 Å². The summed E-state index contributed by atoms with van der Waals surface area (Å²) in [4.78, 5) is 14.2. The van der Waals surface area contributed by atoms with Crippen LogP contribution in [0.1, 0.15) is 43.2 Å². The highest BCUT2D eigenvalue weighted by atomic mass is 16.5. The van der Waals surface area contributed by atoms with E-state index in [0.29, 0.717) is 18.3 Å². The first kappa shape index (κ1) is 18.4. The summed E-state index contributed by atoms with van der Waals surface area (Å²) in [5, 5.41) is 11.4. The van der Waals surface area contributed by atoms with E-state index in [1.807, 2.05) is 30.3 Å². The molecule has 3 rings (SSSR count). The number of nitrogens with one attached hydrogen (secondary N) is 1. The van der Waals surface area contributed by atoms with Crippen molar-refractivity contribution in [3.8, 4) is 0 Å². The minimum atomic E-state index is -0.381. The Balaban J connectivity index is 1.75. The van der Waals surface area contributed by atoms with Gasteiger partial charge < -0.3 is 19.4 Å². The molecular formula is C19H26N4O3. The van der Waals surface area contributed by atoms with Crippen LogP contribution in [0.25, 0.3) is 0 Å². The normalized spacial score (nSPS) is 16.1. The average molecular weight is 358 g/mol. The number of ether oxygens (including phenoxy) is 1. The second-order valence-corrected chi connectivity index (χ2v) is 6.57. The molecule has 1 saturated heterocycles. The monoisotopic (exact) mass is 358 g/mol. The van der Waals surface area contributed by atoms with Gasteiger partial charge in [-0.1, -0.05) is 48.3 Å². The van der Waals surface area contributed by atoms with Gasteiger partial charge >= 0.3 is 6.01 Å². The molecule has 1 unspecified atom stereocenters. The standard InChI is InChI=1S/C19H26N4O3/c1-25-14-17(24)20-16(13-15-9-5-4-6-10-15)18-21-22-19(26-18)23-11-7-2-3-8-12-23/h4-6,9-10,16H,2-3,7-8,11-14H2,1H3,(H,20,24). The number of methoxy groups -OCH3 is 1. The zero-order chi connectivity index (χ0) is 18.2. The van der Waals surface area contributed by atoms with Crippen LogP contribution in [-0.2, 0) is 16.0 Å². The molecule has 1 aromatic heterocycles. The molecule has 1 aliphatic rings. The Bertz CT molecular complexity index is 681. The molecule has 1 aromatic carbocycles. The molecule has 1 amide bonds. The molecule has 1 N–H and O–H groups in total. The van der Waals surface area contributed by atoms with E-state index in [2.05, 4.69) is 20.4 Å². The van der Waals surface area contributed by atoms with Crippen molar-refractivity contribution in [2.45, 2.75) is 38.1 Å². The van der Waals surface area contributed by atoms with E-state index >= 15 is 0 Å². The minimum Gasteiger partial charge on any atom is -0.406 e. The molecular weight excluding hydrogens is 332 g/mol. The number of carbonyl (C=O) groups is 1. The van der Waals surface area contributed by atoms with Gasteiger partial charge in [-0.25, -0.2) is 0 Å². The molecule has 1 aliphatic heterocycles. The van der Waals surface area contributed by atoms with Crippen molar-refractivity contribution in [1.29, 1.82) is 0 Å². The fourth-order valence-electron chi connectivity index (χ4n) is 3.17. The third-order valence-electron chi connectivity index (χ3n) is 4.50. The first-order valence-electron chi connectivity index (χ1n) is 9.17. The van der Waals surface area contributed by atoms with E-state index < -0.39 is 0 Å². The maximum absolute atomic E-state index is 12.0. The molecule has 0 saturated carbocycles. The van der Waals surface area contributed by atoms with Crippen molar-refractivity contribution in [3.63, 3.8) is 0 Å².